The summed E-state index contributed by atoms with van der Waals surface area (Å²) in [5.74, 6) is -0.328. The number of hydrogen-bond donors (Lipinski definition) is 1. The topological polar surface area (TPSA) is 64.2 Å². The molecule has 0 saturated carbocycles. The monoisotopic (exact) mass is 254 g/mol. The number of aromatic amines is 1. The van der Waals surface area contributed by atoms with E-state index in [1.165, 1.54) is 6.20 Å². The van der Waals surface area contributed by atoms with E-state index in [4.69, 9.17) is 9.47 Å². The van der Waals surface area contributed by atoms with Crippen molar-refractivity contribution in [2.45, 2.75) is 39.5 Å². The molecule has 1 aromatic heterocycles. The molecule has 18 heavy (non-hydrogen) atoms. The second-order valence-corrected chi connectivity index (χ2v) is 4.11. The second kappa shape index (κ2) is 8.69. The Morgan fingerprint density at radius 3 is 2.83 bits per heavy atom. The number of aryl methyl sites for hydroxylation is 1. The van der Waals surface area contributed by atoms with Gasteiger partial charge in [-0.2, -0.15) is 5.10 Å². The number of aromatic nitrogens is 2. The molecule has 1 aromatic rings. The average Bonchev–Trinajstić information content (AvgIpc) is 2.82. The van der Waals surface area contributed by atoms with Gasteiger partial charge in [0.1, 0.15) is 12.2 Å². The van der Waals surface area contributed by atoms with Crippen LogP contribution in [0.25, 0.3) is 0 Å². The number of rotatable bonds is 9. The van der Waals surface area contributed by atoms with Gasteiger partial charge in [0, 0.05) is 12.3 Å². The molecular formula is C13H22N2O3. The smallest absolute Gasteiger partial charge is 0.341 e. The number of carbonyl (C=O) groups is 1. The van der Waals surface area contributed by atoms with Crippen LogP contribution in [-0.2, 0) is 15.9 Å². The first-order valence-electron chi connectivity index (χ1n) is 6.56. The van der Waals surface area contributed by atoms with Gasteiger partial charge < -0.3 is 9.47 Å². The summed E-state index contributed by atoms with van der Waals surface area (Å²) in [4.78, 5) is 11.8. The maximum Gasteiger partial charge on any atom is 0.341 e. The second-order valence-electron chi connectivity index (χ2n) is 4.11. The van der Waals surface area contributed by atoms with Crippen LogP contribution in [0.5, 0.6) is 0 Å². The standard InChI is InChI=1S/C13H22N2O3/c1-3-5-7-17-8-9-18-13(16)11-10-14-15-12(11)6-4-2/h10H,3-9H2,1-2H3,(H,14,15). The van der Waals surface area contributed by atoms with Crippen LogP contribution < -0.4 is 0 Å². The Balaban J connectivity index is 2.25. The lowest BCUT2D eigenvalue weighted by Crippen LogP contribution is -2.12. The number of nitrogens with one attached hydrogen (secondary N) is 1. The van der Waals surface area contributed by atoms with Gasteiger partial charge in [-0.05, 0) is 12.8 Å². The molecule has 0 unspecified atom stereocenters. The molecule has 0 saturated heterocycles. The number of ether oxygens (including phenoxy) is 2. The highest BCUT2D eigenvalue weighted by Crippen LogP contribution is 2.08. The van der Waals surface area contributed by atoms with Crippen LogP contribution in [0.2, 0.25) is 0 Å². The molecule has 102 valence electrons. The van der Waals surface area contributed by atoms with E-state index in [1.807, 2.05) is 0 Å². The summed E-state index contributed by atoms with van der Waals surface area (Å²) in [5.41, 5.74) is 1.37. The van der Waals surface area contributed by atoms with Gasteiger partial charge >= 0.3 is 5.97 Å². The summed E-state index contributed by atoms with van der Waals surface area (Å²) < 4.78 is 10.4. The Morgan fingerprint density at radius 2 is 2.11 bits per heavy atom. The van der Waals surface area contributed by atoms with Crippen molar-refractivity contribution in [3.63, 3.8) is 0 Å². The molecule has 0 amide bonds. The molecule has 1 heterocycles. The number of hydrogen-bond acceptors (Lipinski definition) is 4. The first kappa shape index (κ1) is 14.7. The van der Waals surface area contributed by atoms with Gasteiger partial charge in [0.05, 0.1) is 12.8 Å². The summed E-state index contributed by atoms with van der Waals surface area (Å²) in [7, 11) is 0. The summed E-state index contributed by atoms with van der Waals surface area (Å²) in [6.07, 6.45) is 5.43. The van der Waals surface area contributed by atoms with Crippen molar-refractivity contribution in [1.82, 2.24) is 10.2 Å². The molecule has 0 aliphatic carbocycles. The predicted molar refractivity (Wildman–Crippen MR) is 68.6 cm³/mol. The van der Waals surface area contributed by atoms with Crippen molar-refractivity contribution >= 4 is 5.97 Å². The molecule has 5 heteroatoms. The van der Waals surface area contributed by atoms with Crippen molar-refractivity contribution in [2.75, 3.05) is 19.8 Å². The number of H-pyrrole nitrogens is 1. The average molecular weight is 254 g/mol. The van der Waals surface area contributed by atoms with Crippen LogP contribution in [0.15, 0.2) is 6.20 Å². The first-order chi connectivity index (χ1) is 8.79. The quantitative estimate of drug-likeness (QED) is 0.542. The lowest BCUT2D eigenvalue weighted by atomic mass is 10.2. The van der Waals surface area contributed by atoms with Crippen LogP contribution in [0.3, 0.4) is 0 Å². The number of nitrogens with zero attached hydrogens (tertiary/aromatic N) is 1. The van der Waals surface area contributed by atoms with Gasteiger partial charge in [0.2, 0.25) is 0 Å². The third-order valence-corrected chi connectivity index (χ3v) is 2.54. The molecule has 0 spiro atoms. The van der Waals surface area contributed by atoms with E-state index in [2.05, 4.69) is 24.0 Å². The Kier molecular flexibility index (Phi) is 7.10. The van der Waals surface area contributed by atoms with E-state index in [1.54, 1.807) is 0 Å². The summed E-state index contributed by atoms with van der Waals surface area (Å²) in [6, 6.07) is 0. The van der Waals surface area contributed by atoms with E-state index in [0.717, 1.165) is 38.0 Å². The molecule has 0 radical (unpaired) electrons. The normalized spacial score (nSPS) is 10.6. The lowest BCUT2D eigenvalue weighted by Gasteiger charge is -2.05. The van der Waals surface area contributed by atoms with E-state index >= 15 is 0 Å². The minimum Gasteiger partial charge on any atom is -0.460 e. The minimum atomic E-state index is -0.328. The molecule has 0 fully saturated rings. The fraction of sp³-hybridized carbons (Fsp3) is 0.692. The van der Waals surface area contributed by atoms with Crippen LogP contribution in [0.1, 0.15) is 49.2 Å². The van der Waals surface area contributed by atoms with Crippen LogP contribution in [-0.4, -0.2) is 36.0 Å². The molecule has 5 nitrogen and oxygen atoms in total. The van der Waals surface area contributed by atoms with Gasteiger partial charge in [-0.15, -0.1) is 0 Å². The van der Waals surface area contributed by atoms with E-state index in [-0.39, 0.29) is 5.97 Å². The minimum absolute atomic E-state index is 0.291. The molecule has 0 aliphatic heterocycles. The highest BCUT2D eigenvalue weighted by Gasteiger charge is 2.14. The molecule has 0 atom stereocenters. The number of carbonyl (C=O) groups excluding carboxylic acids is 1. The predicted octanol–water partition coefficient (Wildman–Crippen LogP) is 2.34. The van der Waals surface area contributed by atoms with Gasteiger partial charge in [-0.1, -0.05) is 26.7 Å². The van der Waals surface area contributed by atoms with E-state index in [0.29, 0.717) is 18.8 Å². The Hall–Kier alpha value is -1.36. The van der Waals surface area contributed by atoms with Crippen molar-refractivity contribution in [3.8, 4) is 0 Å². The molecular weight excluding hydrogens is 232 g/mol. The number of unbranched alkanes of at least 4 members (excludes halogenated alkanes) is 1. The van der Waals surface area contributed by atoms with Crippen LogP contribution in [0.4, 0.5) is 0 Å². The van der Waals surface area contributed by atoms with Crippen LogP contribution >= 0.6 is 0 Å². The first-order valence-corrected chi connectivity index (χ1v) is 6.56. The summed E-state index contributed by atoms with van der Waals surface area (Å²) in [5, 5.41) is 6.70. The Morgan fingerprint density at radius 1 is 1.28 bits per heavy atom. The zero-order chi connectivity index (χ0) is 13.2. The number of esters is 1. The SMILES string of the molecule is CCCCOCCOC(=O)c1cn[nH]c1CCC. The Labute approximate surface area is 108 Å². The summed E-state index contributed by atoms with van der Waals surface area (Å²) in [6.45, 7) is 5.63. The fourth-order valence-electron chi connectivity index (χ4n) is 1.55. The maximum atomic E-state index is 11.8. The maximum absolute atomic E-state index is 11.8. The molecule has 0 bridgehead atoms. The van der Waals surface area contributed by atoms with Crippen molar-refractivity contribution in [3.05, 3.63) is 17.5 Å². The molecule has 1 N–H and O–H groups in total. The largest absolute Gasteiger partial charge is 0.460 e. The molecule has 1 rings (SSSR count). The van der Waals surface area contributed by atoms with Crippen molar-refractivity contribution in [2.24, 2.45) is 0 Å². The highest BCUT2D eigenvalue weighted by molar-refractivity contribution is 5.90. The Bertz CT molecular complexity index is 350. The zero-order valence-corrected chi connectivity index (χ0v) is 11.2. The van der Waals surface area contributed by atoms with Crippen molar-refractivity contribution < 1.29 is 14.3 Å². The lowest BCUT2D eigenvalue weighted by molar-refractivity contribution is 0.0313. The summed E-state index contributed by atoms with van der Waals surface area (Å²) >= 11 is 0. The highest BCUT2D eigenvalue weighted by atomic mass is 16.6. The van der Waals surface area contributed by atoms with E-state index in [9.17, 15) is 4.79 Å². The van der Waals surface area contributed by atoms with Gasteiger partial charge in [-0.3, -0.25) is 5.10 Å². The third kappa shape index (κ3) is 4.87. The fourth-order valence-corrected chi connectivity index (χ4v) is 1.55. The van der Waals surface area contributed by atoms with E-state index < -0.39 is 0 Å². The van der Waals surface area contributed by atoms with Gasteiger partial charge in [0.25, 0.3) is 0 Å². The molecule has 0 aliphatic rings. The third-order valence-electron chi connectivity index (χ3n) is 2.54. The van der Waals surface area contributed by atoms with Crippen molar-refractivity contribution in [1.29, 1.82) is 0 Å². The van der Waals surface area contributed by atoms with Gasteiger partial charge in [0.15, 0.2) is 0 Å². The van der Waals surface area contributed by atoms with Gasteiger partial charge in [-0.25, -0.2) is 4.79 Å². The van der Waals surface area contributed by atoms with Crippen LogP contribution in [0, 0.1) is 0 Å². The molecule has 0 aromatic carbocycles. The zero-order valence-electron chi connectivity index (χ0n) is 11.2.